The summed E-state index contributed by atoms with van der Waals surface area (Å²) < 4.78 is 5.79. The van der Waals surface area contributed by atoms with Crippen LogP contribution in [0.15, 0.2) is 91.1 Å². The van der Waals surface area contributed by atoms with Gasteiger partial charge in [-0.2, -0.15) is 0 Å². The number of ether oxygens (including phenoxy) is 1. The van der Waals surface area contributed by atoms with Gasteiger partial charge in [0.2, 0.25) is 0 Å². The molecule has 0 aliphatic carbocycles. The fraction of sp³-hybridized carbons (Fsp3) is 0.286. The molecule has 2 saturated heterocycles. The van der Waals surface area contributed by atoms with E-state index in [-0.39, 0.29) is 17.9 Å². The van der Waals surface area contributed by atoms with E-state index in [2.05, 4.69) is 45.0 Å². The van der Waals surface area contributed by atoms with Crippen LogP contribution in [0.3, 0.4) is 0 Å². The molecule has 10 heteroatoms. The minimum absolute atomic E-state index is 0.0924. The van der Waals surface area contributed by atoms with Gasteiger partial charge in [-0.1, -0.05) is 47.5 Å². The van der Waals surface area contributed by atoms with Crippen LogP contribution in [0, 0.1) is 0 Å². The van der Waals surface area contributed by atoms with Crippen molar-refractivity contribution in [2.24, 2.45) is 0 Å². The molecule has 0 spiro atoms. The van der Waals surface area contributed by atoms with Crippen molar-refractivity contribution >= 4 is 46.4 Å². The van der Waals surface area contributed by atoms with Crippen molar-refractivity contribution in [2.45, 2.75) is 24.9 Å². The number of rotatable bonds is 6. The van der Waals surface area contributed by atoms with E-state index in [0.717, 1.165) is 49.7 Å². The molecule has 8 nitrogen and oxygen atoms in total. The molecule has 45 heavy (non-hydrogen) atoms. The fourth-order valence-corrected chi connectivity index (χ4v) is 5.48. The van der Waals surface area contributed by atoms with Crippen molar-refractivity contribution in [3.05, 3.63) is 124 Å². The molecule has 2 unspecified atom stereocenters. The summed E-state index contributed by atoms with van der Waals surface area (Å²) in [7, 11) is 2.09. The lowest BCUT2D eigenvalue weighted by Gasteiger charge is -2.30. The molecule has 6 rings (SSSR count). The molecule has 2 atom stereocenters. The highest BCUT2D eigenvalue weighted by molar-refractivity contribution is 6.31. The van der Waals surface area contributed by atoms with Gasteiger partial charge in [-0.3, -0.25) is 9.59 Å². The number of nitrogens with zero attached hydrogens (tertiary/aromatic N) is 2. The number of halogens is 2. The molecular formula is C35H37Cl2N5O3. The smallest absolute Gasteiger partial charge is 0.274 e. The van der Waals surface area contributed by atoms with Crippen molar-refractivity contribution in [2.75, 3.05) is 50.5 Å². The first kappa shape index (κ1) is 32.6. The minimum atomic E-state index is -0.233. The van der Waals surface area contributed by atoms with Gasteiger partial charge in [0.1, 0.15) is 5.69 Å². The monoisotopic (exact) mass is 645 g/mol. The molecule has 2 fully saturated rings. The molecule has 2 aliphatic rings. The number of aromatic nitrogens is 1. The summed E-state index contributed by atoms with van der Waals surface area (Å²) >= 11 is 11.6. The molecular weight excluding hydrogens is 609 g/mol. The first-order valence-electron chi connectivity index (χ1n) is 15.0. The first-order chi connectivity index (χ1) is 21.8. The van der Waals surface area contributed by atoms with E-state index in [9.17, 15) is 9.59 Å². The Hall–Kier alpha value is -3.79. The summed E-state index contributed by atoms with van der Waals surface area (Å²) in [5.41, 5.74) is 4.91. The summed E-state index contributed by atoms with van der Waals surface area (Å²) in [6.45, 7) is 4.73. The van der Waals surface area contributed by atoms with Crippen LogP contribution < -0.4 is 16.0 Å². The Balaban J connectivity index is 0.000000178. The lowest BCUT2D eigenvalue weighted by atomic mass is 9.92. The maximum absolute atomic E-state index is 12.2. The number of morpholine rings is 1. The number of carbonyl (C=O) groups is 2. The zero-order valence-corrected chi connectivity index (χ0v) is 26.7. The number of pyridine rings is 1. The highest BCUT2D eigenvalue weighted by atomic mass is 35.5. The standard InChI is InChI=1S/C18H19ClN2O2.C17H18ClN3O/c1-21-10-11-23-17(12-21)13-4-8-16(9-5-13)20-18(22)14-2-6-15(19)7-3-14;18-14-5-8-16(20-11-14)17(22)21-15-6-3-12(4-7-15)13-2-1-9-19-10-13/h2-9,17H,10-12H2,1H3,(H,20,22);3-8,11,13,19H,1-2,9-10H2,(H,21,22). The van der Waals surface area contributed by atoms with Crippen LogP contribution in [0.2, 0.25) is 10.0 Å². The van der Waals surface area contributed by atoms with Gasteiger partial charge in [0.25, 0.3) is 11.8 Å². The zero-order valence-electron chi connectivity index (χ0n) is 25.1. The van der Waals surface area contributed by atoms with Crippen LogP contribution in [0.5, 0.6) is 0 Å². The number of hydrogen-bond donors (Lipinski definition) is 3. The predicted octanol–water partition coefficient (Wildman–Crippen LogP) is 7.05. The third kappa shape index (κ3) is 9.60. The van der Waals surface area contributed by atoms with Gasteiger partial charge in [-0.05, 0) is 104 Å². The van der Waals surface area contributed by atoms with Gasteiger partial charge < -0.3 is 25.6 Å². The Labute approximate surface area is 274 Å². The Kier molecular flexibility index (Phi) is 11.6. The molecule has 2 aliphatic heterocycles. The average Bonchev–Trinajstić information content (AvgIpc) is 3.07. The molecule has 1 aromatic heterocycles. The second kappa shape index (κ2) is 16.0. The predicted molar refractivity (Wildman–Crippen MR) is 181 cm³/mol. The molecule has 4 aromatic rings. The fourth-order valence-electron chi connectivity index (χ4n) is 5.25. The normalized spacial score (nSPS) is 18.3. The Bertz CT molecular complexity index is 1540. The number of hydrogen-bond acceptors (Lipinski definition) is 6. The second-order valence-electron chi connectivity index (χ2n) is 11.2. The largest absolute Gasteiger partial charge is 0.371 e. The van der Waals surface area contributed by atoms with E-state index in [1.165, 1.54) is 24.6 Å². The van der Waals surface area contributed by atoms with E-state index in [1.807, 2.05) is 36.4 Å². The molecule has 0 bridgehead atoms. The Morgan fingerprint density at radius 1 is 0.844 bits per heavy atom. The Morgan fingerprint density at radius 2 is 1.49 bits per heavy atom. The van der Waals surface area contributed by atoms with Crippen molar-refractivity contribution in [3.63, 3.8) is 0 Å². The topological polar surface area (TPSA) is 95.6 Å². The van der Waals surface area contributed by atoms with Crippen LogP contribution in [-0.4, -0.2) is 61.5 Å². The summed E-state index contributed by atoms with van der Waals surface area (Å²) in [6.07, 6.45) is 3.99. The Morgan fingerprint density at radius 3 is 2.09 bits per heavy atom. The highest BCUT2D eigenvalue weighted by Crippen LogP contribution is 2.25. The van der Waals surface area contributed by atoms with Crippen molar-refractivity contribution < 1.29 is 14.3 Å². The van der Waals surface area contributed by atoms with E-state index in [4.69, 9.17) is 27.9 Å². The zero-order chi connectivity index (χ0) is 31.6. The van der Waals surface area contributed by atoms with E-state index >= 15 is 0 Å². The van der Waals surface area contributed by atoms with Gasteiger partial charge in [0, 0.05) is 47.8 Å². The van der Waals surface area contributed by atoms with E-state index in [1.54, 1.807) is 36.4 Å². The van der Waals surface area contributed by atoms with E-state index < -0.39 is 0 Å². The number of amides is 2. The third-order valence-corrected chi connectivity index (χ3v) is 8.29. The highest BCUT2D eigenvalue weighted by Gasteiger charge is 2.19. The lowest BCUT2D eigenvalue weighted by molar-refractivity contribution is -0.0208. The van der Waals surface area contributed by atoms with Gasteiger partial charge in [0.05, 0.1) is 17.7 Å². The van der Waals surface area contributed by atoms with Gasteiger partial charge in [-0.25, -0.2) is 4.98 Å². The number of anilines is 2. The second-order valence-corrected chi connectivity index (χ2v) is 12.1. The van der Waals surface area contributed by atoms with Crippen LogP contribution in [0.4, 0.5) is 11.4 Å². The minimum Gasteiger partial charge on any atom is -0.371 e. The SMILES string of the molecule is CN1CCOC(c2ccc(NC(=O)c3ccc(Cl)cc3)cc2)C1.O=C(Nc1ccc(C2CCCNC2)cc1)c1ccc(Cl)cn1. The van der Waals surface area contributed by atoms with Crippen LogP contribution in [-0.2, 0) is 4.74 Å². The van der Waals surface area contributed by atoms with Gasteiger partial charge >= 0.3 is 0 Å². The van der Waals surface area contributed by atoms with E-state index in [0.29, 0.717) is 27.2 Å². The van der Waals surface area contributed by atoms with Crippen LogP contribution >= 0.6 is 23.2 Å². The van der Waals surface area contributed by atoms with Crippen molar-refractivity contribution in [3.8, 4) is 0 Å². The average molecular weight is 647 g/mol. The molecule has 3 N–H and O–H groups in total. The molecule has 3 heterocycles. The quantitative estimate of drug-likeness (QED) is 0.208. The number of likely N-dealkylation sites (N-methyl/N-ethyl adjacent to an activating group) is 1. The van der Waals surface area contributed by atoms with Crippen LogP contribution in [0.25, 0.3) is 0 Å². The number of carbonyl (C=O) groups excluding carboxylic acids is 2. The van der Waals surface area contributed by atoms with Gasteiger partial charge in [-0.15, -0.1) is 0 Å². The molecule has 0 saturated carbocycles. The summed E-state index contributed by atoms with van der Waals surface area (Å²) in [5, 5.41) is 10.3. The number of nitrogens with one attached hydrogen (secondary N) is 3. The molecule has 3 aromatic carbocycles. The summed E-state index contributed by atoms with van der Waals surface area (Å²) in [6, 6.07) is 26.0. The van der Waals surface area contributed by atoms with Crippen molar-refractivity contribution in [1.29, 1.82) is 0 Å². The number of piperidine rings is 1. The third-order valence-electron chi connectivity index (χ3n) is 7.81. The van der Waals surface area contributed by atoms with Crippen molar-refractivity contribution in [1.82, 2.24) is 15.2 Å². The maximum Gasteiger partial charge on any atom is 0.274 e. The molecule has 2 amide bonds. The van der Waals surface area contributed by atoms with Gasteiger partial charge in [0.15, 0.2) is 0 Å². The summed E-state index contributed by atoms with van der Waals surface area (Å²) in [5.74, 6) is 0.184. The maximum atomic E-state index is 12.2. The first-order valence-corrected chi connectivity index (χ1v) is 15.8. The van der Waals surface area contributed by atoms with Crippen LogP contribution in [0.1, 0.15) is 56.8 Å². The lowest BCUT2D eigenvalue weighted by Crippen LogP contribution is -2.35. The number of benzene rings is 3. The molecule has 0 radical (unpaired) electrons. The summed E-state index contributed by atoms with van der Waals surface area (Å²) in [4.78, 5) is 30.5. The molecule has 234 valence electrons.